The Balaban J connectivity index is 1.94. The van der Waals surface area contributed by atoms with Crippen LogP contribution in [0.2, 0.25) is 0 Å². The minimum atomic E-state index is 0.514. The maximum Gasteiger partial charge on any atom is 0.191 e. The summed E-state index contributed by atoms with van der Waals surface area (Å²) in [5.74, 6) is 2.82. The lowest BCUT2D eigenvalue weighted by molar-refractivity contribution is 0.284. The van der Waals surface area contributed by atoms with Gasteiger partial charge in [0.25, 0.3) is 0 Å². The average Bonchev–Trinajstić information content (AvgIpc) is 2.67. The van der Waals surface area contributed by atoms with Gasteiger partial charge in [-0.1, -0.05) is 50.2 Å². The van der Waals surface area contributed by atoms with E-state index in [2.05, 4.69) is 29.5 Å². The lowest BCUT2D eigenvalue weighted by Gasteiger charge is -2.15. The number of rotatable bonds is 8. The Morgan fingerprint density at radius 2 is 1.77 bits per heavy atom. The molecule has 0 spiro atoms. The summed E-state index contributed by atoms with van der Waals surface area (Å²) >= 11 is 0. The van der Waals surface area contributed by atoms with E-state index < -0.39 is 0 Å². The molecule has 0 atom stereocenters. The number of guanidine groups is 1. The van der Waals surface area contributed by atoms with Gasteiger partial charge >= 0.3 is 0 Å². The van der Waals surface area contributed by atoms with E-state index in [0.717, 1.165) is 35.1 Å². The number of ether oxygens (including phenoxy) is 2. The second-order valence-corrected chi connectivity index (χ2v) is 6.46. The summed E-state index contributed by atoms with van der Waals surface area (Å²) in [6.07, 6.45) is 0. The molecule has 0 unspecified atom stereocenters. The second-order valence-electron chi connectivity index (χ2n) is 6.46. The van der Waals surface area contributed by atoms with Crippen molar-refractivity contribution >= 4 is 5.96 Å². The Morgan fingerprint density at radius 3 is 2.42 bits per heavy atom. The number of nitrogens with one attached hydrogen (secondary N) is 2. The molecule has 0 radical (unpaired) electrons. The van der Waals surface area contributed by atoms with Crippen molar-refractivity contribution in [1.29, 1.82) is 0 Å². The van der Waals surface area contributed by atoms with Crippen molar-refractivity contribution in [3.63, 3.8) is 0 Å². The van der Waals surface area contributed by atoms with Crippen molar-refractivity contribution in [3.8, 4) is 11.5 Å². The summed E-state index contributed by atoms with van der Waals surface area (Å²) in [5, 5.41) is 6.61. The molecule has 0 bridgehead atoms. The zero-order valence-corrected chi connectivity index (χ0v) is 16.1. The minimum absolute atomic E-state index is 0.514. The van der Waals surface area contributed by atoms with Gasteiger partial charge in [0.05, 0.1) is 7.11 Å². The topological polar surface area (TPSA) is 54.9 Å². The zero-order valence-electron chi connectivity index (χ0n) is 16.1. The van der Waals surface area contributed by atoms with Gasteiger partial charge in [-0.05, 0) is 29.2 Å². The van der Waals surface area contributed by atoms with E-state index in [1.807, 2.05) is 48.5 Å². The van der Waals surface area contributed by atoms with Crippen LogP contribution in [0.4, 0.5) is 0 Å². The summed E-state index contributed by atoms with van der Waals surface area (Å²) < 4.78 is 11.4. The van der Waals surface area contributed by atoms with Gasteiger partial charge in [0.1, 0.15) is 6.61 Å². The number of benzene rings is 2. The molecule has 2 aromatic rings. The molecule has 0 saturated heterocycles. The first-order valence-corrected chi connectivity index (χ1v) is 8.90. The van der Waals surface area contributed by atoms with Crippen LogP contribution in [0.25, 0.3) is 0 Å². The molecule has 26 heavy (non-hydrogen) atoms. The van der Waals surface area contributed by atoms with E-state index in [9.17, 15) is 0 Å². The smallest absolute Gasteiger partial charge is 0.191 e. The summed E-state index contributed by atoms with van der Waals surface area (Å²) in [6, 6.07) is 16.1. The van der Waals surface area contributed by atoms with Crippen molar-refractivity contribution in [2.45, 2.75) is 27.0 Å². The summed E-state index contributed by atoms with van der Waals surface area (Å²) in [6.45, 7) is 6.39. The third-order valence-corrected chi connectivity index (χ3v) is 3.83. The molecule has 2 N–H and O–H groups in total. The summed E-state index contributed by atoms with van der Waals surface area (Å²) in [4.78, 5) is 4.24. The van der Waals surface area contributed by atoms with Crippen LogP contribution in [0, 0.1) is 5.92 Å². The molecule has 0 amide bonds. The zero-order chi connectivity index (χ0) is 18.8. The lowest BCUT2D eigenvalue weighted by Crippen LogP contribution is -2.38. The van der Waals surface area contributed by atoms with Gasteiger partial charge in [-0.15, -0.1) is 0 Å². The monoisotopic (exact) mass is 355 g/mol. The lowest BCUT2D eigenvalue weighted by atomic mass is 10.2. The molecule has 5 nitrogen and oxygen atoms in total. The fraction of sp³-hybridized carbons (Fsp3) is 0.381. The molecule has 2 rings (SSSR count). The molecule has 0 aliphatic rings. The fourth-order valence-electron chi connectivity index (χ4n) is 2.38. The van der Waals surface area contributed by atoms with Crippen molar-refractivity contribution in [2.24, 2.45) is 10.9 Å². The summed E-state index contributed by atoms with van der Waals surface area (Å²) in [7, 11) is 3.43. The molecule has 0 aromatic heterocycles. The molecule has 140 valence electrons. The highest BCUT2D eigenvalue weighted by molar-refractivity contribution is 5.79. The van der Waals surface area contributed by atoms with Crippen LogP contribution in [-0.2, 0) is 13.2 Å². The van der Waals surface area contributed by atoms with Gasteiger partial charge in [-0.25, -0.2) is 0 Å². The van der Waals surface area contributed by atoms with E-state index >= 15 is 0 Å². The van der Waals surface area contributed by atoms with Crippen molar-refractivity contribution in [3.05, 3.63) is 59.7 Å². The van der Waals surface area contributed by atoms with Crippen LogP contribution in [0.1, 0.15) is 25.0 Å². The molecule has 0 heterocycles. The maximum atomic E-state index is 5.90. The quantitative estimate of drug-likeness (QED) is 0.561. The van der Waals surface area contributed by atoms with Crippen molar-refractivity contribution < 1.29 is 9.47 Å². The fourth-order valence-corrected chi connectivity index (χ4v) is 2.38. The van der Waals surface area contributed by atoms with Crippen LogP contribution >= 0.6 is 0 Å². The number of hydrogen-bond acceptors (Lipinski definition) is 3. The molecule has 5 heteroatoms. The van der Waals surface area contributed by atoms with E-state index in [1.54, 1.807) is 14.2 Å². The van der Waals surface area contributed by atoms with E-state index in [-0.39, 0.29) is 0 Å². The number of hydrogen-bond donors (Lipinski definition) is 2. The Hall–Kier alpha value is -2.69. The summed E-state index contributed by atoms with van der Waals surface area (Å²) in [5.41, 5.74) is 2.22. The highest BCUT2D eigenvalue weighted by Crippen LogP contribution is 2.28. The van der Waals surface area contributed by atoms with Gasteiger partial charge < -0.3 is 20.1 Å². The second kappa shape index (κ2) is 10.3. The van der Waals surface area contributed by atoms with Crippen LogP contribution in [0.3, 0.4) is 0 Å². The van der Waals surface area contributed by atoms with Crippen molar-refractivity contribution in [2.75, 3.05) is 20.7 Å². The van der Waals surface area contributed by atoms with E-state index in [4.69, 9.17) is 9.47 Å². The Morgan fingerprint density at radius 1 is 1.00 bits per heavy atom. The molecule has 0 fully saturated rings. The predicted molar refractivity (Wildman–Crippen MR) is 107 cm³/mol. The van der Waals surface area contributed by atoms with Gasteiger partial charge in [-0.2, -0.15) is 0 Å². The molecular formula is C21H29N3O2. The van der Waals surface area contributed by atoms with Crippen LogP contribution in [0.5, 0.6) is 11.5 Å². The molecule has 0 aliphatic heterocycles. The van der Waals surface area contributed by atoms with Crippen LogP contribution < -0.4 is 20.1 Å². The minimum Gasteiger partial charge on any atom is -0.493 e. The first-order valence-electron chi connectivity index (χ1n) is 8.90. The molecular weight excluding hydrogens is 326 g/mol. The van der Waals surface area contributed by atoms with E-state index in [0.29, 0.717) is 19.1 Å². The van der Waals surface area contributed by atoms with Gasteiger partial charge in [-0.3, -0.25) is 4.99 Å². The number of aliphatic imine (C=N–C) groups is 1. The SMILES string of the molecule is CN=C(NCc1ccc(OCc2ccccc2)c(OC)c1)NCC(C)C. The largest absolute Gasteiger partial charge is 0.493 e. The highest BCUT2D eigenvalue weighted by atomic mass is 16.5. The normalized spacial score (nSPS) is 11.3. The maximum absolute atomic E-state index is 5.90. The molecule has 0 aliphatic carbocycles. The average molecular weight is 355 g/mol. The number of nitrogens with zero attached hydrogens (tertiary/aromatic N) is 1. The van der Waals surface area contributed by atoms with Gasteiger partial charge in [0.15, 0.2) is 17.5 Å². The van der Waals surface area contributed by atoms with Gasteiger partial charge in [0, 0.05) is 20.1 Å². The Labute approximate surface area is 156 Å². The molecule has 2 aromatic carbocycles. The predicted octanol–water partition coefficient (Wildman–Crippen LogP) is 3.60. The third kappa shape index (κ3) is 6.31. The van der Waals surface area contributed by atoms with Crippen LogP contribution in [-0.4, -0.2) is 26.7 Å². The first kappa shape index (κ1) is 19.6. The van der Waals surface area contributed by atoms with Crippen LogP contribution in [0.15, 0.2) is 53.5 Å². The first-order chi connectivity index (χ1) is 12.6. The molecule has 0 saturated carbocycles. The number of methoxy groups -OCH3 is 1. The Kier molecular flexibility index (Phi) is 7.80. The standard InChI is InChI=1S/C21H29N3O2/c1-16(2)13-23-21(22-3)24-14-18-10-11-19(20(12-18)25-4)26-15-17-8-6-5-7-9-17/h5-12,16H,13-15H2,1-4H3,(H2,22,23,24). The Bertz CT molecular complexity index is 700. The highest BCUT2D eigenvalue weighted by Gasteiger charge is 2.07. The van der Waals surface area contributed by atoms with Crippen molar-refractivity contribution in [1.82, 2.24) is 10.6 Å². The third-order valence-electron chi connectivity index (χ3n) is 3.83. The van der Waals surface area contributed by atoms with E-state index in [1.165, 1.54) is 0 Å². The van der Waals surface area contributed by atoms with Gasteiger partial charge in [0.2, 0.25) is 0 Å².